The lowest BCUT2D eigenvalue weighted by Gasteiger charge is -2.15. The summed E-state index contributed by atoms with van der Waals surface area (Å²) >= 11 is 0. The van der Waals surface area contributed by atoms with Gasteiger partial charge in [-0.25, -0.2) is 4.39 Å². The Hall–Kier alpha value is -1.62. The zero-order valence-corrected chi connectivity index (χ0v) is 11.0. The molecule has 0 saturated heterocycles. The van der Waals surface area contributed by atoms with Gasteiger partial charge in [0.1, 0.15) is 0 Å². The molecular weight excluding hydrogens is 247 g/mol. The number of ether oxygens (including phenoxy) is 1. The molecule has 5 heteroatoms. The maximum atomic E-state index is 13.8. The molecule has 0 aliphatic heterocycles. The summed E-state index contributed by atoms with van der Waals surface area (Å²) in [6.07, 6.45) is 2.34. The largest absolute Gasteiger partial charge is 0.489 e. The van der Waals surface area contributed by atoms with Crippen molar-refractivity contribution < 1.29 is 13.9 Å². The second kappa shape index (κ2) is 6.02. The molecule has 104 valence electrons. The third kappa shape index (κ3) is 3.92. The van der Waals surface area contributed by atoms with Crippen LogP contribution in [0, 0.1) is 11.7 Å². The van der Waals surface area contributed by atoms with E-state index in [9.17, 15) is 9.18 Å². The van der Waals surface area contributed by atoms with Crippen LogP contribution in [0.5, 0.6) is 5.75 Å². The van der Waals surface area contributed by atoms with E-state index >= 15 is 0 Å². The van der Waals surface area contributed by atoms with Gasteiger partial charge in [0, 0.05) is 18.2 Å². The van der Waals surface area contributed by atoms with Crippen LogP contribution in [0.1, 0.15) is 25.3 Å². The van der Waals surface area contributed by atoms with Crippen molar-refractivity contribution in [2.45, 2.75) is 32.4 Å². The standard InChI is InChI=1S/C14H19FN2O2/c1-9(14(16)18)8-19-13-10(3-2-4-12(13)15)7-17-11-5-6-11/h2-4,9,11,17H,5-8H2,1H3,(H2,16,18). The van der Waals surface area contributed by atoms with Crippen LogP contribution < -0.4 is 15.8 Å². The van der Waals surface area contributed by atoms with Gasteiger partial charge in [-0.1, -0.05) is 19.1 Å². The zero-order valence-electron chi connectivity index (χ0n) is 11.0. The third-order valence-electron chi connectivity index (χ3n) is 3.17. The van der Waals surface area contributed by atoms with E-state index < -0.39 is 17.6 Å². The smallest absolute Gasteiger partial charge is 0.223 e. The van der Waals surface area contributed by atoms with Crippen molar-refractivity contribution in [3.05, 3.63) is 29.6 Å². The molecule has 1 aliphatic carbocycles. The van der Waals surface area contributed by atoms with E-state index in [1.54, 1.807) is 13.0 Å². The molecular formula is C14H19FN2O2. The Labute approximate surface area is 112 Å². The molecule has 1 aliphatic rings. The number of amides is 1. The van der Waals surface area contributed by atoms with Crippen LogP contribution in [0.2, 0.25) is 0 Å². The first-order valence-electron chi connectivity index (χ1n) is 6.51. The number of primary amides is 1. The minimum Gasteiger partial charge on any atom is -0.489 e. The van der Waals surface area contributed by atoms with Gasteiger partial charge in [-0.15, -0.1) is 0 Å². The van der Waals surface area contributed by atoms with Gasteiger partial charge in [-0.2, -0.15) is 0 Å². The molecule has 1 atom stereocenters. The SMILES string of the molecule is CC(COc1c(F)cccc1CNC1CC1)C(N)=O. The second-order valence-corrected chi connectivity index (χ2v) is 5.00. The summed E-state index contributed by atoms with van der Waals surface area (Å²) in [4.78, 5) is 10.9. The summed E-state index contributed by atoms with van der Waals surface area (Å²) in [6.45, 7) is 2.32. The number of halogens is 1. The van der Waals surface area contributed by atoms with E-state index in [0.717, 1.165) is 5.56 Å². The fourth-order valence-electron chi connectivity index (χ4n) is 1.69. The second-order valence-electron chi connectivity index (χ2n) is 5.00. The Balaban J connectivity index is 2.01. The van der Waals surface area contributed by atoms with E-state index in [4.69, 9.17) is 10.5 Å². The zero-order chi connectivity index (χ0) is 13.8. The molecule has 1 fully saturated rings. The molecule has 4 nitrogen and oxygen atoms in total. The maximum Gasteiger partial charge on any atom is 0.223 e. The highest BCUT2D eigenvalue weighted by Gasteiger charge is 2.21. The number of rotatable bonds is 7. The first-order valence-corrected chi connectivity index (χ1v) is 6.51. The fourth-order valence-corrected chi connectivity index (χ4v) is 1.69. The molecule has 0 spiro atoms. The Morgan fingerprint density at radius 3 is 2.95 bits per heavy atom. The van der Waals surface area contributed by atoms with Crippen LogP contribution >= 0.6 is 0 Å². The molecule has 3 N–H and O–H groups in total. The third-order valence-corrected chi connectivity index (χ3v) is 3.17. The molecule has 1 unspecified atom stereocenters. The molecule has 0 bridgehead atoms. The molecule has 1 amide bonds. The van der Waals surface area contributed by atoms with Crippen LogP contribution in [-0.4, -0.2) is 18.6 Å². The van der Waals surface area contributed by atoms with Crippen molar-refractivity contribution in [1.82, 2.24) is 5.32 Å². The average molecular weight is 266 g/mol. The van der Waals surface area contributed by atoms with Gasteiger partial charge in [0.15, 0.2) is 11.6 Å². The Morgan fingerprint density at radius 2 is 2.32 bits per heavy atom. The van der Waals surface area contributed by atoms with Gasteiger partial charge >= 0.3 is 0 Å². The van der Waals surface area contributed by atoms with E-state index in [1.807, 2.05) is 6.07 Å². The predicted molar refractivity (Wildman–Crippen MR) is 70.1 cm³/mol. The van der Waals surface area contributed by atoms with Crippen molar-refractivity contribution >= 4 is 5.91 Å². The number of benzene rings is 1. The highest BCUT2D eigenvalue weighted by atomic mass is 19.1. The average Bonchev–Trinajstić information content (AvgIpc) is 3.18. The van der Waals surface area contributed by atoms with Gasteiger partial charge in [0.25, 0.3) is 0 Å². The summed E-state index contributed by atoms with van der Waals surface area (Å²) in [5.41, 5.74) is 5.93. The van der Waals surface area contributed by atoms with Crippen LogP contribution in [-0.2, 0) is 11.3 Å². The van der Waals surface area contributed by atoms with Crippen LogP contribution in [0.15, 0.2) is 18.2 Å². The van der Waals surface area contributed by atoms with Crippen LogP contribution in [0.25, 0.3) is 0 Å². The summed E-state index contributed by atoms with van der Waals surface area (Å²) in [5.74, 6) is -1.09. The maximum absolute atomic E-state index is 13.8. The molecule has 0 aromatic heterocycles. The molecule has 0 heterocycles. The minimum absolute atomic E-state index is 0.0900. The number of carbonyl (C=O) groups is 1. The number of para-hydroxylation sites is 1. The van der Waals surface area contributed by atoms with Crippen molar-refractivity contribution in [3.8, 4) is 5.75 Å². The van der Waals surface area contributed by atoms with Gasteiger partial charge in [-0.05, 0) is 18.9 Å². The van der Waals surface area contributed by atoms with Crippen molar-refractivity contribution in [2.75, 3.05) is 6.61 Å². The van der Waals surface area contributed by atoms with Crippen molar-refractivity contribution in [1.29, 1.82) is 0 Å². The van der Waals surface area contributed by atoms with Gasteiger partial charge in [0.2, 0.25) is 5.91 Å². The van der Waals surface area contributed by atoms with Crippen LogP contribution in [0.3, 0.4) is 0 Å². The summed E-state index contributed by atoms with van der Waals surface area (Å²) < 4.78 is 19.2. The summed E-state index contributed by atoms with van der Waals surface area (Å²) in [6, 6.07) is 5.37. The predicted octanol–water partition coefficient (Wildman–Crippen LogP) is 1.58. The lowest BCUT2D eigenvalue weighted by atomic mass is 10.1. The van der Waals surface area contributed by atoms with E-state index in [1.165, 1.54) is 18.9 Å². The van der Waals surface area contributed by atoms with E-state index in [0.29, 0.717) is 12.6 Å². The summed E-state index contributed by atoms with van der Waals surface area (Å²) in [5, 5.41) is 3.31. The molecule has 19 heavy (non-hydrogen) atoms. The van der Waals surface area contributed by atoms with Crippen molar-refractivity contribution in [2.24, 2.45) is 11.7 Å². The first kappa shape index (κ1) is 13.8. The van der Waals surface area contributed by atoms with Crippen LogP contribution in [0.4, 0.5) is 4.39 Å². The summed E-state index contributed by atoms with van der Waals surface area (Å²) in [7, 11) is 0. The lowest BCUT2D eigenvalue weighted by molar-refractivity contribution is -0.122. The molecule has 0 radical (unpaired) electrons. The molecule has 1 aromatic rings. The minimum atomic E-state index is -0.450. The monoisotopic (exact) mass is 266 g/mol. The van der Waals surface area contributed by atoms with E-state index in [2.05, 4.69) is 5.32 Å². The van der Waals surface area contributed by atoms with Gasteiger partial charge in [-0.3, -0.25) is 4.79 Å². The molecule has 1 aromatic carbocycles. The lowest BCUT2D eigenvalue weighted by Crippen LogP contribution is -2.26. The number of hydrogen-bond donors (Lipinski definition) is 2. The Kier molecular flexibility index (Phi) is 4.37. The number of carbonyl (C=O) groups excluding carboxylic acids is 1. The number of hydrogen-bond acceptors (Lipinski definition) is 3. The highest BCUT2D eigenvalue weighted by molar-refractivity contribution is 5.76. The molecule has 2 rings (SSSR count). The van der Waals surface area contributed by atoms with E-state index in [-0.39, 0.29) is 12.4 Å². The normalized spacial score (nSPS) is 16.1. The number of nitrogens with two attached hydrogens (primary N) is 1. The Morgan fingerprint density at radius 1 is 1.58 bits per heavy atom. The Bertz CT molecular complexity index is 461. The van der Waals surface area contributed by atoms with Gasteiger partial charge in [0.05, 0.1) is 12.5 Å². The quantitative estimate of drug-likeness (QED) is 0.787. The fraction of sp³-hybridized carbons (Fsp3) is 0.500. The van der Waals surface area contributed by atoms with Crippen molar-refractivity contribution in [3.63, 3.8) is 0 Å². The molecule has 1 saturated carbocycles. The topological polar surface area (TPSA) is 64.3 Å². The van der Waals surface area contributed by atoms with Gasteiger partial charge < -0.3 is 15.8 Å². The number of nitrogens with one attached hydrogen (secondary N) is 1. The highest BCUT2D eigenvalue weighted by Crippen LogP contribution is 2.25. The first-order chi connectivity index (χ1) is 9.08.